The third-order valence-electron chi connectivity index (χ3n) is 9.00. The fourth-order valence-corrected chi connectivity index (χ4v) is 7.90. The number of carboxylic acids is 1. The molecular formula is C40H49N3O7S2. The van der Waals surface area contributed by atoms with Crippen molar-refractivity contribution >= 4 is 63.7 Å². The Hall–Kier alpha value is -4.29. The maximum atomic E-state index is 14.7. The van der Waals surface area contributed by atoms with Crippen LogP contribution in [0.5, 0.6) is 5.75 Å². The van der Waals surface area contributed by atoms with Gasteiger partial charge in [-0.1, -0.05) is 102 Å². The van der Waals surface area contributed by atoms with E-state index in [0.717, 1.165) is 37.4 Å². The van der Waals surface area contributed by atoms with Crippen LogP contribution in [0.1, 0.15) is 84.2 Å². The van der Waals surface area contributed by atoms with Gasteiger partial charge in [0.2, 0.25) is 16.9 Å². The first kappa shape index (κ1) is 40.5. The summed E-state index contributed by atoms with van der Waals surface area (Å²) in [5.74, 6) is -2.29. The van der Waals surface area contributed by atoms with Gasteiger partial charge >= 0.3 is 5.97 Å². The number of ether oxygens (including phenoxy) is 1. The Labute approximate surface area is 314 Å². The number of carboxylic acid groups (broad SMARTS) is 1. The van der Waals surface area contributed by atoms with Crippen molar-refractivity contribution in [3.8, 4) is 5.75 Å². The summed E-state index contributed by atoms with van der Waals surface area (Å²) in [6.45, 7) is 7.36. The van der Waals surface area contributed by atoms with E-state index in [2.05, 4.69) is 24.5 Å². The number of carbonyl (C=O) groups is 5. The Balaban J connectivity index is 1.66. The highest BCUT2D eigenvalue weighted by Crippen LogP contribution is 2.51. The minimum Gasteiger partial charge on any atom is -0.483 e. The number of fused-ring (bicyclic) bond motifs is 1. The number of carbonyl (C=O) groups excluding carboxylic acids is 4. The van der Waals surface area contributed by atoms with Gasteiger partial charge in [-0.3, -0.25) is 24.1 Å². The van der Waals surface area contributed by atoms with Crippen molar-refractivity contribution in [3.05, 3.63) is 78.4 Å². The molecule has 0 fully saturated rings. The van der Waals surface area contributed by atoms with Crippen LogP contribution >= 0.6 is 23.5 Å². The van der Waals surface area contributed by atoms with Gasteiger partial charge in [0.15, 0.2) is 6.61 Å². The molecule has 3 aromatic rings. The van der Waals surface area contributed by atoms with Gasteiger partial charge in [0.1, 0.15) is 23.2 Å². The van der Waals surface area contributed by atoms with E-state index in [-0.39, 0.29) is 23.4 Å². The average molecular weight is 748 g/mol. The van der Waals surface area contributed by atoms with Crippen LogP contribution in [-0.4, -0.2) is 52.8 Å². The van der Waals surface area contributed by atoms with E-state index < -0.39 is 41.9 Å². The molecule has 0 unspecified atom stereocenters. The molecule has 3 N–H and O–H groups in total. The molecule has 0 aliphatic carbocycles. The summed E-state index contributed by atoms with van der Waals surface area (Å²) in [6.07, 6.45) is 6.14. The van der Waals surface area contributed by atoms with Crippen LogP contribution in [-0.2, 0) is 24.0 Å². The van der Waals surface area contributed by atoms with Crippen LogP contribution in [0.2, 0.25) is 0 Å². The van der Waals surface area contributed by atoms with Crippen molar-refractivity contribution in [2.45, 2.75) is 94.5 Å². The molecule has 278 valence electrons. The number of unbranched alkanes of at least 4 members (excludes halogenated alkanes) is 2. The third kappa shape index (κ3) is 9.77. The van der Waals surface area contributed by atoms with Crippen molar-refractivity contribution in [1.29, 1.82) is 0 Å². The molecule has 2 atom stereocenters. The number of thioether (sulfide) groups is 2. The maximum absolute atomic E-state index is 14.7. The second-order valence-electron chi connectivity index (χ2n) is 13.4. The van der Waals surface area contributed by atoms with Crippen molar-refractivity contribution in [2.75, 3.05) is 17.8 Å². The number of rotatable bonds is 18. The lowest BCUT2D eigenvalue weighted by atomic mass is 9.77. The van der Waals surface area contributed by atoms with Gasteiger partial charge in [0, 0.05) is 10.6 Å². The number of amides is 3. The quantitative estimate of drug-likeness (QED) is 0.0874. The van der Waals surface area contributed by atoms with E-state index >= 15 is 0 Å². The first-order valence-corrected chi connectivity index (χ1v) is 19.8. The molecule has 4 rings (SSSR count). The Morgan fingerprint density at radius 2 is 1.54 bits per heavy atom. The van der Waals surface area contributed by atoms with Gasteiger partial charge < -0.3 is 20.5 Å². The molecule has 10 nitrogen and oxygen atoms in total. The summed E-state index contributed by atoms with van der Waals surface area (Å²) in [5.41, 5.74) is 0.506. The summed E-state index contributed by atoms with van der Waals surface area (Å²) >= 11 is 2.42. The number of anilines is 2. The van der Waals surface area contributed by atoms with Gasteiger partial charge in [-0.15, -0.1) is 11.8 Å². The largest absolute Gasteiger partial charge is 0.483 e. The highest BCUT2D eigenvalue weighted by molar-refractivity contribution is 8.14. The first-order valence-electron chi connectivity index (χ1n) is 17.8. The van der Waals surface area contributed by atoms with Crippen LogP contribution in [0.3, 0.4) is 0 Å². The van der Waals surface area contributed by atoms with E-state index in [0.29, 0.717) is 45.3 Å². The number of nitrogens with zero attached hydrogens (tertiary/aromatic N) is 1. The van der Waals surface area contributed by atoms with E-state index in [9.17, 15) is 29.1 Å². The molecule has 0 aromatic heterocycles. The molecule has 3 aromatic carbocycles. The molecule has 0 saturated heterocycles. The summed E-state index contributed by atoms with van der Waals surface area (Å²) in [4.78, 5) is 70.6. The summed E-state index contributed by atoms with van der Waals surface area (Å²) < 4.78 is 6.08. The summed E-state index contributed by atoms with van der Waals surface area (Å²) in [5, 5.41) is 14.8. The Kier molecular flexibility index (Phi) is 14.8. The minimum absolute atomic E-state index is 0.0153. The number of nitrogens with one attached hydrogen (secondary N) is 2. The molecule has 1 aliphatic heterocycles. The number of benzene rings is 3. The Morgan fingerprint density at radius 3 is 2.10 bits per heavy atom. The second kappa shape index (κ2) is 19.0. The van der Waals surface area contributed by atoms with Gasteiger partial charge in [-0.05, 0) is 73.0 Å². The van der Waals surface area contributed by atoms with E-state index in [1.165, 1.54) is 11.8 Å². The molecule has 1 heterocycles. The van der Waals surface area contributed by atoms with Crippen LogP contribution in [0.25, 0.3) is 0 Å². The topological polar surface area (TPSA) is 142 Å². The Bertz CT molecular complexity index is 1710. The van der Waals surface area contributed by atoms with Gasteiger partial charge in [-0.2, -0.15) is 0 Å². The fourth-order valence-electron chi connectivity index (χ4n) is 6.24. The van der Waals surface area contributed by atoms with Crippen LogP contribution in [0, 0.1) is 11.3 Å². The summed E-state index contributed by atoms with van der Waals surface area (Å²) in [6, 6.07) is 19.2. The minimum atomic E-state index is -1.20. The van der Waals surface area contributed by atoms with Gasteiger partial charge in [-0.25, -0.2) is 4.79 Å². The molecular weight excluding hydrogens is 699 g/mol. The number of hydrogen-bond acceptors (Lipinski definition) is 8. The number of hydrogen-bond donors (Lipinski definition) is 3. The van der Waals surface area contributed by atoms with Gasteiger partial charge in [0.25, 0.3) is 5.91 Å². The lowest BCUT2D eigenvalue weighted by molar-refractivity contribution is -0.142. The van der Waals surface area contributed by atoms with Crippen LogP contribution in [0.15, 0.2) is 82.6 Å². The predicted molar refractivity (Wildman–Crippen MR) is 206 cm³/mol. The predicted octanol–water partition coefficient (Wildman–Crippen LogP) is 7.92. The van der Waals surface area contributed by atoms with Crippen molar-refractivity contribution < 1.29 is 33.8 Å². The Morgan fingerprint density at radius 1 is 0.923 bits per heavy atom. The number of aliphatic carboxylic acids is 1. The molecule has 3 amide bonds. The molecule has 1 aliphatic rings. The van der Waals surface area contributed by atoms with E-state index in [1.807, 2.05) is 56.5 Å². The van der Waals surface area contributed by atoms with E-state index in [1.54, 1.807) is 41.3 Å². The highest BCUT2D eigenvalue weighted by atomic mass is 32.2. The average Bonchev–Trinajstić information content (AvgIpc) is 3.21. The maximum Gasteiger partial charge on any atom is 0.326 e. The van der Waals surface area contributed by atoms with E-state index in [4.69, 9.17) is 4.74 Å². The fraction of sp³-hybridized carbons (Fsp3) is 0.425. The number of para-hydroxylation sites is 1. The first-order chi connectivity index (χ1) is 24.9. The van der Waals surface area contributed by atoms with Crippen molar-refractivity contribution in [1.82, 2.24) is 10.6 Å². The third-order valence-corrected chi connectivity index (χ3v) is 10.9. The lowest BCUT2D eigenvalue weighted by Crippen LogP contribution is -2.48. The molecule has 12 heteroatoms. The van der Waals surface area contributed by atoms with Crippen molar-refractivity contribution in [3.63, 3.8) is 0 Å². The molecule has 0 saturated carbocycles. The smallest absolute Gasteiger partial charge is 0.326 e. The normalized spacial score (nSPS) is 15.0. The summed E-state index contributed by atoms with van der Waals surface area (Å²) in [7, 11) is 0. The van der Waals surface area contributed by atoms with Gasteiger partial charge in [0.05, 0.1) is 10.6 Å². The zero-order valence-electron chi connectivity index (χ0n) is 30.5. The van der Waals surface area contributed by atoms with Crippen LogP contribution in [0.4, 0.5) is 11.4 Å². The second-order valence-corrected chi connectivity index (χ2v) is 15.2. The van der Waals surface area contributed by atoms with Crippen LogP contribution < -0.4 is 20.3 Å². The highest BCUT2D eigenvalue weighted by Gasteiger charge is 2.50. The lowest BCUT2D eigenvalue weighted by Gasteiger charge is -2.34. The standard InChI is InChI=1S/C40H49N3O7S2/c1-6-8-20-40(21-9-7-2)38(48)43(28-18-14-11-15-19-28)30-23-33(51-5)31(24-32(30)52-39(40)49)50-25-34(44)42-35(27-16-12-10-13-17-27)36(45)41-29(37(46)47)22-26(3)4/h10-19,23-24,26,29,35H,6-9,20-22,25H2,1-5H3,(H,41,45)(H,42,44)(H,46,47)/t29-,35+/m0/s1. The molecule has 0 bridgehead atoms. The zero-order valence-corrected chi connectivity index (χ0v) is 32.1. The molecule has 52 heavy (non-hydrogen) atoms. The zero-order chi connectivity index (χ0) is 37.8. The monoisotopic (exact) mass is 747 g/mol. The molecule has 0 radical (unpaired) electrons. The van der Waals surface area contributed by atoms with Crippen molar-refractivity contribution in [2.24, 2.45) is 11.3 Å². The SMILES string of the molecule is CCCCC1(CCCC)C(=O)Sc2cc(OCC(=O)N[C@@H](C(=O)N[C@@H](CC(C)C)C(=O)O)c3ccccc3)c(SC)cc2N(c2ccccc2)C1=O. The molecule has 0 spiro atoms.